The highest BCUT2D eigenvalue weighted by Gasteiger charge is 2.16. The van der Waals surface area contributed by atoms with E-state index in [9.17, 15) is 4.79 Å². The van der Waals surface area contributed by atoms with Crippen LogP contribution in [-0.4, -0.2) is 34.3 Å². The van der Waals surface area contributed by atoms with E-state index in [4.69, 9.17) is 23.8 Å². The molecule has 7 nitrogen and oxygen atoms in total. The van der Waals surface area contributed by atoms with Crippen LogP contribution in [0.2, 0.25) is 0 Å². The largest absolute Gasteiger partial charge is 0.497 e. The molecule has 0 radical (unpaired) electrons. The monoisotopic (exact) mass is 433 g/mol. The molecule has 0 aliphatic carbocycles. The van der Waals surface area contributed by atoms with Gasteiger partial charge in [0.05, 0.1) is 34.0 Å². The first-order valence-corrected chi connectivity index (χ1v) is 9.85. The number of amides is 1. The smallest absolute Gasteiger partial charge is 0.287 e. The van der Waals surface area contributed by atoms with Crippen LogP contribution in [-0.2, 0) is 0 Å². The maximum Gasteiger partial charge on any atom is 0.287 e. The zero-order chi connectivity index (χ0) is 22.7. The summed E-state index contributed by atoms with van der Waals surface area (Å²) in [6.45, 7) is 0. The third-order valence-electron chi connectivity index (χ3n) is 5.19. The summed E-state index contributed by atoms with van der Waals surface area (Å²) in [7, 11) is 6.26. The van der Waals surface area contributed by atoms with Gasteiger partial charge in [0.2, 0.25) is 0 Å². The summed E-state index contributed by atoms with van der Waals surface area (Å²) in [6.07, 6.45) is 0. The molecular weight excluding hydrogens is 410 g/mol. The van der Waals surface area contributed by atoms with E-state index in [1.54, 1.807) is 39.5 Å². The fraction of sp³-hybridized carbons (Fsp3) is 0.160. The van der Waals surface area contributed by atoms with Gasteiger partial charge in [-0.3, -0.25) is 4.79 Å². The molecule has 0 atom stereocenters. The molecule has 0 aliphatic rings. The van der Waals surface area contributed by atoms with E-state index >= 15 is 0 Å². The Kier molecular flexibility index (Phi) is 5.89. The first kappa shape index (κ1) is 21.1. The van der Waals surface area contributed by atoms with Crippen molar-refractivity contribution in [1.82, 2.24) is 5.48 Å². The Morgan fingerprint density at radius 3 is 1.69 bits per heavy atom. The molecule has 0 saturated heterocycles. The lowest BCUT2D eigenvalue weighted by molar-refractivity contribution is 0.0751. The highest BCUT2D eigenvalue weighted by atomic mass is 16.7. The average molecular weight is 433 g/mol. The number of benzene rings is 4. The number of carbonyl (C=O) groups excluding carboxylic acids is 1. The van der Waals surface area contributed by atoms with Crippen molar-refractivity contribution < 1.29 is 28.6 Å². The molecule has 0 unspecified atom stereocenters. The third-order valence-corrected chi connectivity index (χ3v) is 5.19. The molecule has 1 N–H and O–H groups in total. The van der Waals surface area contributed by atoms with Gasteiger partial charge in [0.1, 0.15) is 17.2 Å². The predicted octanol–water partition coefficient (Wildman–Crippen LogP) is 4.75. The fourth-order valence-electron chi connectivity index (χ4n) is 3.48. The summed E-state index contributed by atoms with van der Waals surface area (Å²) in [5.41, 5.74) is 2.82. The van der Waals surface area contributed by atoms with Crippen LogP contribution in [0.25, 0.3) is 21.5 Å². The second kappa shape index (κ2) is 8.93. The molecule has 0 bridgehead atoms. The van der Waals surface area contributed by atoms with Gasteiger partial charge in [0, 0.05) is 0 Å². The number of rotatable bonds is 7. The van der Waals surface area contributed by atoms with Crippen LogP contribution in [0.5, 0.6) is 28.7 Å². The molecule has 0 heterocycles. The minimum absolute atomic E-state index is 0.328. The zero-order valence-electron chi connectivity index (χ0n) is 18.2. The molecule has 0 aliphatic heterocycles. The van der Waals surface area contributed by atoms with Crippen molar-refractivity contribution in [3.8, 4) is 28.7 Å². The van der Waals surface area contributed by atoms with Crippen molar-refractivity contribution in [3.63, 3.8) is 0 Å². The summed E-state index contributed by atoms with van der Waals surface area (Å²) < 4.78 is 21.4. The van der Waals surface area contributed by atoms with Gasteiger partial charge in [-0.15, -0.1) is 0 Å². The topological polar surface area (TPSA) is 75.2 Å². The van der Waals surface area contributed by atoms with E-state index < -0.39 is 5.91 Å². The zero-order valence-corrected chi connectivity index (χ0v) is 18.2. The molecule has 164 valence electrons. The summed E-state index contributed by atoms with van der Waals surface area (Å²) in [5.74, 6) is 2.23. The Hall–Kier alpha value is -4.13. The van der Waals surface area contributed by atoms with E-state index in [1.165, 1.54) is 7.11 Å². The first-order chi connectivity index (χ1) is 15.6. The molecule has 1 amide bonds. The molecule has 0 spiro atoms. The lowest BCUT2D eigenvalue weighted by Crippen LogP contribution is -2.27. The molecule has 4 rings (SSSR count). The molecule has 4 aromatic rings. The van der Waals surface area contributed by atoms with Gasteiger partial charge in [-0.25, -0.2) is 0 Å². The number of fused-ring (bicyclic) bond motifs is 2. The Bertz CT molecular complexity index is 1300. The standard InChI is InChI=1S/C25H23NO6/c1-28-19-7-5-15-12-22(30-3)21(11-17(15)9-19)25(27)26-32-24-14-18-10-20(29-2)8-6-16(18)13-23(24)31-4/h5-14H,1-4H3,(H,26,27). The van der Waals surface area contributed by atoms with Crippen LogP contribution in [0.4, 0.5) is 0 Å². The maximum absolute atomic E-state index is 13.0. The molecule has 0 saturated carbocycles. The van der Waals surface area contributed by atoms with Crippen LogP contribution in [0.3, 0.4) is 0 Å². The van der Waals surface area contributed by atoms with Crippen LogP contribution in [0.15, 0.2) is 60.7 Å². The van der Waals surface area contributed by atoms with Crippen LogP contribution in [0.1, 0.15) is 10.4 Å². The minimum atomic E-state index is -0.459. The molecular formula is C25H23NO6. The van der Waals surface area contributed by atoms with Crippen molar-refractivity contribution in [2.24, 2.45) is 0 Å². The summed E-state index contributed by atoms with van der Waals surface area (Å²) in [4.78, 5) is 18.6. The van der Waals surface area contributed by atoms with Gasteiger partial charge in [-0.1, -0.05) is 12.1 Å². The lowest BCUT2D eigenvalue weighted by Gasteiger charge is -2.14. The van der Waals surface area contributed by atoms with E-state index in [2.05, 4.69) is 5.48 Å². The average Bonchev–Trinajstić information content (AvgIpc) is 2.84. The number of nitrogens with one attached hydrogen (secondary N) is 1. The quantitative estimate of drug-likeness (QED) is 0.424. The summed E-state index contributed by atoms with van der Waals surface area (Å²) in [5, 5.41) is 3.59. The summed E-state index contributed by atoms with van der Waals surface area (Å²) >= 11 is 0. The Balaban J connectivity index is 1.64. The Labute approximate surface area is 185 Å². The molecule has 0 fully saturated rings. The number of hydroxylamine groups is 1. The highest BCUT2D eigenvalue weighted by Crippen LogP contribution is 2.34. The molecule has 7 heteroatoms. The van der Waals surface area contributed by atoms with E-state index in [0.717, 1.165) is 21.5 Å². The van der Waals surface area contributed by atoms with Crippen molar-refractivity contribution >= 4 is 27.5 Å². The van der Waals surface area contributed by atoms with E-state index in [1.807, 2.05) is 42.5 Å². The van der Waals surface area contributed by atoms with Crippen molar-refractivity contribution in [1.29, 1.82) is 0 Å². The van der Waals surface area contributed by atoms with Crippen LogP contribution >= 0.6 is 0 Å². The third kappa shape index (κ3) is 4.05. The first-order valence-electron chi connectivity index (χ1n) is 9.85. The van der Waals surface area contributed by atoms with Gasteiger partial charge in [-0.2, -0.15) is 5.48 Å². The SMILES string of the molecule is COc1ccc2cc(OC)c(ONC(=O)c3cc4cc(OC)ccc4cc3OC)cc2c1. The van der Waals surface area contributed by atoms with E-state index in [-0.39, 0.29) is 0 Å². The Morgan fingerprint density at radius 1 is 0.594 bits per heavy atom. The fourth-order valence-corrected chi connectivity index (χ4v) is 3.48. The molecule has 32 heavy (non-hydrogen) atoms. The maximum atomic E-state index is 13.0. The van der Waals surface area contributed by atoms with Gasteiger partial charge < -0.3 is 23.8 Å². The van der Waals surface area contributed by atoms with Gasteiger partial charge >= 0.3 is 0 Å². The Morgan fingerprint density at radius 2 is 1.12 bits per heavy atom. The molecule has 0 aromatic heterocycles. The molecule has 4 aromatic carbocycles. The second-order valence-corrected chi connectivity index (χ2v) is 7.01. The van der Waals surface area contributed by atoms with Crippen LogP contribution in [0, 0.1) is 0 Å². The van der Waals surface area contributed by atoms with Crippen molar-refractivity contribution in [3.05, 3.63) is 66.2 Å². The number of hydrogen-bond acceptors (Lipinski definition) is 6. The van der Waals surface area contributed by atoms with Crippen LogP contribution < -0.4 is 29.3 Å². The van der Waals surface area contributed by atoms with Gasteiger partial charge in [0.15, 0.2) is 11.5 Å². The number of hydrogen-bond donors (Lipinski definition) is 1. The minimum Gasteiger partial charge on any atom is -0.497 e. The second-order valence-electron chi connectivity index (χ2n) is 7.01. The number of methoxy groups -OCH3 is 4. The number of carbonyl (C=O) groups is 1. The van der Waals surface area contributed by atoms with Gasteiger partial charge in [-0.05, 0) is 70.1 Å². The highest BCUT2D eigenvalue weighted by molar-refractivity contribution is 6.01. The lowest BCUT2D eigenvalue weighted by atomic mass is 10.0. The van der Waals surface area contributed by atoms with E-state index in [0.29, 0.717) is 34.3 Å². The van der Waals surface area contributed by atoms with Crippen molar-refractivity contribution in [2.75, 3.05) is 28.4 Å². The van der Waals surface area contributed by atoms with Crippen molar-refractivity contribution in [2.45, 2.75) is 0 Å². The van der Waals surface area contributed by atoms with Gasteiger partial charge in [0.25, 0.3) is 5.91 Å². The summed E-state index contributed by atoms with van der Waals surface area (Å²) in [6, 6.07) is 18.4. The normalized spacial score (nSPS) is 10.6. The predicted molar refractivity (Wildman–Crippen MR) is 122 cm³/mol. The number of ether oxygens (including phenoxy) is 4.